The van der Waals surface area contributed by atoms with Crippen molar-refractivity contribution in [3.05, 3.63) is 68.3 Å². The molecule has 1 atom stereocenters. The summed E-state index contributed by atoms with van der Waals surface area (Å²) in [5.74, 6) is -2.81. The van der Waals surface area contributed by atoms with Crippen LogP contribution in [0.2, 0.25) is 25.7 Å². The molecule has 0 aliphatic carbocycles. The summed E-state index contributed by atoms with van der Waals surface area (Å²) in [4.78, 5) is 45.9. The molecule has 14 heteroatoms. The van der Waals surface area contributed by atoms with Gasteiger partial charge in [-0.2, -0.15) is 4.39 Å². The van der Waals surface area contributed by atoms with Crippen LogP contribution < -0.4 is 5.56 Å². The minimum atomic E-state index is -1.39. The van der Waals surface area contributed by atoms with Crippen molar-refractivity contribution in [2.75, 3.05) is 20.2 Å². The van der Waals surface area contributed by atoms with E-state index in [1.807, 2.05) is 0 Å². The van der Waals surface area contributed by atoms with Crippen molar-refractivity contribution in [3.8, 4) is 0 Å². The van der Waals surface area contributed by atoms with Crippen LogP contribution in [-0.4, -0.2) is 65.2 Å². The Morgan fingerprint density at radius 3 is 2.40 bits per heavy atom. The van der Waals surface area contributed by atoms with Gasteiger partial charge in [-0.3, -0.25) is 14.5 Å². The van der Waals surface area contributed by atoms with Crippen LogP contribution in [0, 0.1) is 16.8 Å². The van der Waals surface area contributed by atoms with E-state index in [1.54, 1.807) is 31.4 Å². The van der Waals surface area contributed by atoms with Crippen LogP contribution in [0.15, 0.2) is 29.1 Å². The van der Waals surface area contributed by atoms with E-state index in [4.69, 9.17) is 9.47 Å². The van der Waals surface area contributed by atoms with Gasteiger partial charge >= 0.3 is 6.09 Å². The predicted octanol–water partition coefficient (Wildman–Crippen LogP) is 6.84. The number of halogens is 3. The van der Waals surface area contributed by atoms with Crippen molar-refractivity contribution in [2.45, 2.75) is 71.4 Å². The first-order chi connectivity index (χ1) is 20.9. The number of hydrogen-bond donors (Lipinski definition) is 1. The average Bonchev–Trinajstić information content (AvgIpc) is 3.45. The molecule has 242 valence electrons. The molecule has 1 unspecified atom stereocenters. The Hall–Kier alpha value is -3.62. The molecule has 1 aliphatic heterocycles. The molecule has 2 amide bonds. The summed E-state index contributed by atoms with van der Waals surface area (Å²) >= 11 is 0.907. The Morgan fingerprint density at radius 2 is 1.76 bits per heavy atom. The third kappa shape index (κ3) is 6.82. The molecule has 45 heavy (non-hydrogen) atoms. The highest BCUT2D eigenvalue weighted by Crippen LogP contribution is 2.37. The third-order valence-electron chi connectivity index (χ3n) is 7.70. The van der Waals surface area contributed by atoms with Gasteiger partial charge in [0.15, 0.2) is 16.8 Å². The molecule has 0 radical (unpaired) electrons. The van der Waals surface area contributed by atoms with Crippen LogP contribution in [0.4, 0.5) is 18.0 Å². The molecular formula is C31H37F3N4O5SSi. The second-order valence-electron chi connectivity index (χ2n) is 13.6. The molecule has 0 fully saturated rings. The predicted molar refractivity (Wildman–Crippen MR) is 170 cm³/mol. The monoisotopic (exact) mass is 662 g/mol. The second-order valence-corrected chi connectivity index (χ2v) is 20.2. The lowest BCUT2D eigenvalue weighted by Crippen LogP contribution is -2.47. The molecule has 1 N–H and O–H groups in total. The molecule has 0 saturated heterocycles. The van der Waals surface area contributed by atoms with Gasteiger partial charge in [-0.15, -0.1) is 11.3 Å². The number of aromatic amines is 1. The zero-order valence-corrected chi connectivity index (χ0v) is 28.2. The number of pyridine rings is 1. The lowest BCUT2D eigenvalue weighted by atomic mass is 9.92. The van der Waals surface area contributed by atoms with E-state index >= 15 is 0 Å². The van der Waals surface area contributed by atoms with E-state index in [0.29, 0.717) is 22.4 Å². The Labute approximate surface area is 263 Å². The Kier molecular flexibility index (Phi) is 8.70. The largest absolute Gasteiger partial charge is 0.444 e. The summed E-state index contributed by atoms with van der Waals surface area (Å²) in [5, 5.41) is -0.351. The first-order valence-corrected chi connectivity index (χ1v) is 19.1. The summed E-state index contributed by atoms with van der Waals surface area (Å²) in [5.41, 5.74) is -0.0795. The van der Waals surface area contributed by atoms with Gasteiger partial charge in [0.05, 0.1) is 28.2 Å². The van der Waals surface area contributed by atoms with Crippen LogP contribution in [0.25, 0.3) is 21.0 Å². The van der Waals surface area contributed by atoms with E-state index in [2.05, 4.69) is 24.6 Å². The molecule has 1 aliphatic rings. The Morgan fingerprint density at radius 1 is 1.09 bits per heavy atom. The highest BCUT2D eigenvalue weighted by Gasteiger charge is 2.38. The number of aromatic nitrogens is 2. The fraction of sp³-hybridized carbons (Fsp3) is 0.452. The van der Waals surface area contributed by atoms with Gasteiger partial charge in [0.2, 0.25) is 0 Å². The SMILES string of the molecule is CN(C(=O)c1cc2sc(F)cc2n1COCC[Si](C)(C)C)C1CN(C(=O)OC(C)(C)C)Cc2[nH]c(=O)c3cc(F)c(F)cc3c21. The average molecular weight is 663 g/mol. The first kappa shape index (κ1) is 32.8. The Bertz CT molecular complexity index is 1860. The molecule has 9 nitrogen and oxygen atoms in total. The zero-order valence-electron chi connectivity index (χ0n) is 26.3. The van der Waals surface area contributed by atoms with Gasteiger partial charge in [-0.1, -0.05) is 19.6 Å². The minimum absolute atomic E-state index is 0.0189. The topological polar surface area (TPSA) is 96.9 Å². The van der Waals surface area contributed by atoms with Crippen molar-refractivity contribution in [2.24, 2.45) is 0 Å². The van der Waals surface area contributed by atoms with Crippen LogP contribution in [0.5, 0.6) is 0 Å². The molecule has 0 saturated carbocycles. The van der Waals surface area contributed by atoms with Crippen molar-refractivity contribution in [1.29, 1.82) is 0 Å². The standard InChI is InChI=1S/C31H37F3N4O5SSi/c1-31(2,3)43-30(41)37-14-21-27(17-10-19(32)20(33)11-18(17)28(39)35-21)24(15-37)36(4)29(40)23-12-25-22(13-26(34)44-25)38(23)16-42-8-9-45(5,6)7/h10-13,24H,8-9,14-16H2,1-7H3,(H,35,39). The number of amides is 2. The molecule has 0 bridgehead atoms. The summed E-state index contributed by atoms with van der Waals surface area (Å²) in [6.45, 7) is 12.2. The van der Waals surface area contributed by atoms with Gasteiger partial charge in [-0.25, -0.2) is 13.6 Å². The quantitative estimate of drug-likeness (QED) is 0.173. The Balaban J connectivity index is 1.58. The zero-order chi connectivity index (χ0) is 33.0. The van der Waals surface area contributed by atoms with Crippen LogP contribution in [0.3, 0.4) is 0 Å². The normalized spacial score (nSPS) is 15.5. The fourth-order valence-electron chi connectivity index (χ4n) is 5.42. The van der Waals surface area contributed by atoms with Crippen LogP contribution in [0.1, 0.15) is 48.6 Å². The van der Waals surface area contributed by atoms with Crippen LogP contribution >= 0.6 is 11.3 Å². The number of nitrogens with one attached hydrogen (secondary N) is 1. The van der Waals surface area contributed by atoms with Gasteiger partial charge < -0.3 is 23.9 Å². The molecule has 5 rings (SSSR count). The molecule has 1 aromatic carbocycles. The van der Waals surface area contributed by atoms with Gasteiger partial charge in [0.25, 0.3) is 11.5 Å². The first-order valence-electron chi connectivity index (χ1n) is 14.6. The van der Waals surface area contributed by atoms with Crippen molar-refractivity contribution in [1.82, 2.24) is 19.4 Å². The maximum absolute atomic E-state index is 14.6. The van der Waals surface area contributed by atoms with E-state index in [-0.39, 0.29) is 42.0 Å². The van der Waals surface area contributed by atoms with E-state index < -0.39 is 54.0 Å². The molecule has 4 heterocycles. The number of likely N-dealkylation sites (N-methyl/N-ethyl adjacent to an activating group) is 1. The number of benzene rings is 1. The minimum Gasteiger partial charge on any atom is -0.444 e. The second kappa shape index (κ2) is 12.0. The molecule has 0 spiro atoms. The molecular weight excluding hydrogens is 626 g/mol. The van der Waals surface area contributed by atoms with Crippen LogP contribution in [-0.2, 0) is 22.7 Å². The van der Waals surface area contributed by atoms with Crippen molar-refractivity contribution >= 4 is 52.4 Å². The fourth-order valence-corrected chi connectivity index (χ4v) is 7.00. The van der Waals surface area contributed by atoms with Crippen molar-refractivity contribution < 1.29 is 32.2 Å². The number of rotatable bonds is 7. The summed E-state index contributed by atoms with van der Waals surface area (Å²) in [6, 6.07) is 4.73. The number of nitrogens with zero attached hydrogens (tertiary/aromatic N) is 3. The number of ether oxygens (including phenoxy) is 2. The number of carbonyl (C=O) groups is 2. The highest BCUT2D eigenvalue weighted by molar-refractivity contribution is 7.17. The summed E-state index contributed by atoms with van der Waals surface area (Å²) in [7, 11) is 0.143. The third-order valence-corrected chi connectivity index (χ3v) is 10.3. The lowest BCUT2D eigenvalue weighted by Gasteiger charge is -2.39. The number of fused-ring (bicyclic) bond motifs is 4. The van der Waals surface area contributed by atoms with E-state index in [0.717, 1.165) is 29.5 Å². The van der Waals surface area contributed by atoms with Gasteiger partial charge in [0.1, 0.15) is 18.0 Å². The van der Waals surface area contributed by atoms with E-state index in [1.165, 1.54) is 22.9 Å². The maximum Gasteiger partial charge on any atom is 0.410 e. The maximum atomic E-state index is 14.6. The van der Waals surface area contributed by atoms with Gasteiger partial charge in [-0.05, 0) is 50.4 Å². The molecule has 4 aromatic rings. The number of thiophene rings is 1. The number of hydrogen-bond acceptors (Lipinski definition) is 6. The number of H-pyrrole nitrogens is 1. The van der Waals surface area contributed by atoms with Gasteiger partial charge in [0, 0.05) is 45.6 Å². The highest BCUT2D eigenvalue weighted by atomic mass is 32.1. The summed E-state index contributed by atoms with van der Waals surface area (Å²) < 4.78 is 56.8. The van der Waals surface area contributed by atoms with Crippen molar-refractivity contribution in [3.63, 3.8) is 0 Å². The lowest BCUT2D eigenvalue weighted by molar-refractivity contribution is 0.0140. The smallest absolute Gasteiger partial charge is 0.410 e. The molecule has 3 aromatic heterocycles. The van der Waals surface area contributed by atoms with E-state index in [9.17, 15) is 27.6 Å². The number of carbonyl (C=O) groups excluding carboxylic acids is 2. The summed E-state index contributed by atoms with van der Waals surface area (Å²) in [6.07, 6.45) is -0.666.